The quantitative estimate of drug-likeness (QED) is 0.0807. The van der Waals surface area contributed by atoms with Crippen LogP contribution in [-0.4, -0.2) is 85.3 Å². The van der Waals surface area contributed by atoms with Gasteiger partial charge in [0, 0.05) is 54.4 Å². The molecule has 1 aromatic heterocycles. The van der Waals surface area contributed by atoms with Gasteiger partial charge in [0.2, 0.25) is 5.75 Å². The molecular weight excluding hydrogens is 821 g/mol. The number of phenols is 2. The van der Waals surface area contributed by atoms with Crippen molar-refractivity contribution in [3.63, 3.8) is 0 Å². The summed E-state index contributed by atoms with van der Waals surface area (Å²) in [7, 11) is 1.46. The molecule has 10 rings (SSSR count). The molecule has 0 amide bonds. The number of hydrogen-bond donors (Lipinski definition) is 8. The SMILES string of the molecule is COc1c(O)c(O)c(CO)c([C@@H]2C[C@H](O)[C@H]3CC[C@H](c4ccc5c(c4)[C@H]4[C@@H]6C=C[C@@H](NC7CCCCC7)C[C@@H]6CC[C@@H]4[C@@H](O)CC[C@]4(O)CC[C@H](CCO5)C4)C[C@@H]3O2)c1Cc1cc[nH]c1. The van der Waals surface area contributed by atoms with E-state index in [1.165, 1.54) is 50.3 Å². The Morgan fingerprint density at radius 3 is 2.48 bits per heavy atom. The maximum atomic E-state index is 12.3. The van der Waals surface area contributed by atoms with Crippen LogP contribution in [0.1, 0.15) is 167 Å². The average Bonchev–Trinajstić information content (AvgIpc) is 3.98. The Balaban J connectivity index is 0.971. The molecule has 0 unspecified atom stereocenters. The summed E-state index contributed by atoms with van der Waals surface area (Å²) in [6, 6.07) is 9.74. The van der Waals surface area contributed by atoms with Crippen LogP contribution in [-0.2, 0) is 17.8 Å². The Morgan fingerprint density at radius 2 is 1.68 bits per heavy atom. The molecule has 65 heavy (non-hydrogen) atoms. The van der Waals surface area contributed by atoms with Crippen LogP contribution in [0.5, 0.6) is 23.0 Å². The number of rotatable bonds is 8. The van der Waals surface area contributed by atoms with Crippen LogP contribution < -0.4 is 14.8 Å². The first kappa shape index (κ1) is 45.2. The van der Waals surface area contributed by atoms with Gasteiger partial charge in [-0.05, 0) is 160 Å². The molecule has 5 aliphatic carbocycles. The predicted molar refractivity (Wildman–Crippen MR) is 248 cm³/mol. The number of nitrogens with one attached hydrogen (secondary N) is 2. The van der Waals surface area contributed by atoms with E-state index in [0.29, 0.717) is 73.8 Å². The van der Waals surface area contributed by atoms with Crippen LogP contribution in [0.3, 0.4) is 0 Å². The number of fused-ring (bicyclic) bond motifs is 8. The number of hydrogen-bond acceptors (Lipinski definition) is 10. The first-order chi connectivity index (χ1) is 31.6. The van der Waals surface area contributed by atoms with E-state index in [-0.39, 0.29) is 47.0 Å². The monoisotopic (exact) mass is 895 g/mol. The van der Waals surface area contributed by atoms with E-state index < -0.39 is 42.0 Å². The highest BCUT2D eigenvalue weighted by atomic mass is 16.5. The minimum atomic E-state index is -0.708. The molecule has 4 saturated carbocycles. The lowest BCUT2D eigenvalue weighted by molar-refractivity contribution is -0.154. The van der Waals surface area contributed by atoms with Crippen molar-refractivity contribution >= 4 is 0 Å². The van der Waals surface area contributed by atoms with Gasteiger partial charge in [-0.2, -0.15) is 0 Å². The van der Waals surface area contributed by atoms with Gasteiger partial charge >= 0.3 is 0 Å². The third-order valence-electron chi connectivity index (χ3n) is 17.7. The molecule has 13 atom stereocenters. The highest BCUT2D eigenvalue weighted by molar-refractivity contribution is 5.64. The number of benzene rings is 2. The normalized spacial score (nSPS) is 36.4. The van der Waals surface area contributed by atoms with Crippen LogP contribution in [0, 0.1) is 29.6 Å². The summed E-state index contributed by atoms with van der Waals surface area (Å²) < 4.78 is 19.6. The van der Waals surface area contributed by atoms with E-state index in [0.717, 1.165) is 69.1 Å². The van der Waals surface area contributed by atoms with Crippen LogP contribution in [0.25, 0.3) is 0 Å². The Bertz CT molecular complexity index is 2140. The van der Waals surface area contributed by atoms with Crippen molar-refractivity contribution in [1.29, 1.82) is 0 Å². The van der Waals surface area contributed by atoms with E-state index in [1.54, 1.807) is 0 Å². The van der Waals surface area contributed by atoms with Gasteiger partial charge in [0.15, 0.2) is 11.5 Å². The molecule has 2 aromatic carbocycles. The average molecular weight is 895 g/mol. The zero-order valence-corrected chi connectivity index (χ0v) is 38.4. The number of methoxy groups -OCH3 is 1. The number of aromatic nitrogens is 1. The third kappa shape index (κ3) is 9.11. The number of ether oxygens (including phenoxy) is 3. The van der Waals surface area contributed by atoms with Crippen molar-refractivity contribution in [3.8, 4) is 23.0 Å². The summed E-state index contributed by atoms with van der Waals surface area (Å²) in [6.07, 6.45) is 23.9. The second kappa shape index (κ2) is 19.2. The van der Waals surface area contributed by atoms with Crippen molar-refractivity contribution in [2.45, 2.75) is 183 Å². The number of aliphatic hydroxyl groups excluding tert-OH is 3. The van der Waals surface area contributed by atoms with E-state index >= 15 is 0 Å². The molecule has 1 saturated heterocycles. The lowest BCUT2D eigenvalue weighted by Gasteiger charge is -2.48. The van der Waals surface area contributed by atoms with Crippen molar-refractivity contribution in [1.82, 2.24) is 10.3 Å². The molecule has 354 valence electrons. The van der Waals surface area contributed by atoms with E-state index in [4.69, 9.17) is 14.2 Å². The van der Waals surface area contributed by atoms with Gasteiger partial charge in [0.25, 0.3) is 0 Å². The fourth-order valence-corrected chi connectivity index (χ4v) is 14.3. The van der Waals surface area contributed by atoms with Crippen LogP contribution in [0.2, 0.25) is 0 Å². The molecule has 2 aliphatic heterocycles. The Labute approximate surface area is 385 Å². The number of H-pyrrole nitrogens is 1. The third-order valence-corrected chi connectivity index (χ3v) is 17.7. The number of aliphatic hydroxyl groups is 4. The highest BCUT2D eigenvalue weighted by Crippen LogP contribution is 2.56. The molecule has 11 heteroatoms. The highest BCUT2D eigenvalue weighted by Gasteiger charge is 2.48. The van der Waals surface area contributed by atoms with Crippen LogP contribution >= 0.6 is 0 Å². The van der Waals surface area contributed by atoms with Crippen LogP contribution in [0.4, 0.5) is 0 Å². The van der Waals surface area contributed by atoms with Crippen molar-refractivity contribution < 1.29 is 44.8 Å². The maximum Gasteiger partial charge on any atom is 0.201 e. The van der Waals surface area contributed by atoms with Gasteiger partial charge in [0.1, 0.15) is 5.75 Å². The topological polar surface area (TPSA) is 177 Å². The molecule has 5 fully saturated rings. The molecule has 11 nitrogen and oxygen atoms in total. The maximum absolute atomic E-state index is 12.3. The Hall–Kier alpha value is -3.58. The fraction of sp³-hybridized carbons (Fsp3) is 0.667. The molecule has 3 aromatic rings. The van der Waals surface area contributed by atoms with Gasteiger partial charge in [-0.15, -0.1) is 0 Å². The first-order valence-electron chi connectivity index (χ1n) is 25.4. The summed E-state index contributed by atoms with van der Waals surface area (Å²) in [6.45, 7) is 0.0833. The summed E-state index contributed by atoms with van der Waals surface area (Å²) in [5, 5.41) is 72.8. The Morgan fingerprint density at radius 1 is 0.846 bits per heavy atom. The van der Waals surface area contributed by atoms with Gasteiger partial charge in [-0.25, -0.2) is 0 Å². The molecule has 2 bridgehead atoms. The second-order valence-electron chi connectivity index (χ2n) is 21.5. The minimum Gasteiger partial charge on any atom is -0.504 e. The molecule has 3 heterocycles. The molecule has 0 spiro atoms. The lowest BCUT2D eigenvalue weighted by Crippen LogP contribution is -2.46. The molecular formula is C54H74N2O9. The summed E-state index contributed by atoms with van der Waals surface area (Å²) in [5.41, 5.74) is 4.01. The standard InChI is InChI=1S/C54H74N2O9/c1-63-53-42(23-32-17-21-55-29-32)50(43(30-57)51(60)52(53)61)48-27-45(59)39-11-7-34(26-47(39)65-48)33-9-14-46-41(25-33)49-38-13-10-37(56-36-5-3-2-4-6-36)24-35(38)8-12-40(49)44(58)16-20-54(62)19-15-31(28-54)18-22-64-46/h9-10,13-14,17,21,25,29,31,34-40,44-45,47-49,55-62H,2-8,11-12,15-16,18-20,22-24,26-28,30H2,1H3/t31-,34+,35+,37-,38-,39-,40-,44+,45+,47+,48+,49+,54-/m1/s1. The van der Waals surface area contributed by atoms with Crippen molar-refractivity contribution in [2.75, 3.05) is 13.7 Å². The Kier molecular flexibility index (Phi) is 13.4. The number of aromatic amines is 1. The van der Waals surface area contributed by atoms with Crippen molar-refractivity contribution in [2.24, 2.45) is 29.6 Å². The predicted octanol–water partition coefficient (Wildman–Crippen LogP) is 8.72. The number of aromatic hydroxyl groups is 2. The van der Waals surface area contributed by atoms with Crippen LogP contribution in [0.15, 0.2) is 48.8 Å². The molecule has 7 aliphatic rings. The number of phenolic OH excluding ortho intramolecular Hbond substituents is 1. The summed E-state index contributed by atoms with van der Waals surface area (Å²) >= 11 is 0. The van der Waals surface area contributed by atoms with Crippen molar-refractivity contribution in [3.05, 3.63) is 82.2 Å². The first-order valence-corrected chi connectivity index (χ1v) is 25.4. The smallest absolute Gasteiger partial charge is 0.201 e. The van der Waals surface area contributed by atoms with E-state index in [9.17, 15) is 30.6 Å². The zero-order valence-electron chi connectivity index (χ0n) is 38.4. The second-order valence-corrected chi connectivity index (χ2v) is 21.5. The van der Waals surface area contributed by atoms with Gasteiger partial charge < -0.3 is 55.2 Å². The summed E-state index contributed by atoms with van der Waals surface area (Å²) in [5.74, 6) is 1.57. The van der Waals surface area contributed by atoms with Gasteiger partial charge in [0.05, 0.1) is 50.3 Å². The fourth-order valence-electron chi connectivity index (χ4n) is 14.3. The number of allylic oxidation sites excluding steroid dienone is 1. The van der Waals surface area contributed by atoms with Gasteiger partial charge in [-0.1, -0.05) is 43.5 Å². The zero-order chi connectivity index (χ0) is 44.8. The largest absolute Gasteiger partial charge is 0.504 e. The van der Waals surface area contributed by atoms with E-state index in [1.807, 2.05) is 18.5 Å². The summed E-state index contributed by atoms with van der Waals surface area (Å²) in [4.78, 5) is 3.09. The molecule has 8 N–H and O–H groups in total. The molecule has 0 radical (unpaired) electrons. The minimum absolute atomic E-state index is 0.0381. The van der Waals surface area contributed by atoms with E-state index in [2.05, 4.69) is 40.7 Å². The van der Waals surface area contributed by atoms with Gasteiger partial charge in [-0.3, -0.25) is 0 Å². The lowest BCUT2D eigenvalue weighted by atomic mass is 9.59.